The van der Waals surface area contributed by atoms with Gasteiger partial charge in [-0.3, -0.25) is 4.98 Å². The van der Waals surface area contributed by atoms with Crippen LogP contribution in [-0.4, -0.2) is 11.6 Å². The predicted molar refractivity (Wildman–Crippen MR) is 78.9 cm³/mol. The van der Waals surface area contributed by atoms with E-state index in [9.17, 15) is 0 Å². The van der Waals surface area contributed by atoms with E-state index in [0.29, 0.717) is 11.6 Å². The van der Waals surface area contributed by atoms with Gasteiger partial charge in [-0.1, -0.05) is 11.6 Å². The van der Waals surface area contributed by atoms with Crippen molar-refractivity contribution in [1.29, 1.82) is 0 Å². The molecule has 1 N–H and O–H groups in total. The lowest BCUT2D eigenvalue weighted by Crippen LogP contribution is -2.08. The summed E-state index contributed by atoms with van der Waals surface area (Å²) in [5, 5.41) is 4.10. The zero-order valence-electron chi connectivity index (χ0n) is 11.1. The van der Waals surface area contributed by atoms with Crippen molar-refractivity contribution in [1.82, 2.24) is 4.98 Å². The average Bonchev–Trinajstić information content (AvgIpc) is 2.43. The van der Waals surface area contributed by atoms with Crippen molar-refractivity contribution in [3.63, 3.8) is 0 Å². The summed E-state index contributed by atoms with van der Waals surface area (Å²) in [5.74, 6) is 0.813. The third kappa shape index (κ3) is 3.61. The molecule has 19 heavy (non-hydrogen) atoms. The summed E-state index contributed by atoms with van der Waals surface area (Å²) in [5.41, 5.74) is 2.07. The largest absolute Gasteiger partial charge is 0.492 e. The van der Waals surface area contributed by atoms with E-state index >= 15 is 0 Å². The zero-order chi connectivity index (χ0) is 13.7. The van der Waals surface area contributed by atoms with E-state index in [-0.39, 0.29) is 6.04 Å². The summed E-state index contributed by atoms with van der Waals surface area (Å²) in [6, 6.07) is 9.72. The van der Waals surface area contributed by atoms with Gasteiger partial charge in [-0.05, 0) is 49.7 Å². The molecule has 0 spiro atoms. The van der Waals surface area contributed by atoms with Crippen LogP contribution in [0, 0.1) is 0 Å². The Labute approximate surface area is 118 Å². The highest BCUT2D eigenvalue weighted by atomic mass is 35.5. The monoisotopic (exact) mass is 276 g/mol. The van der Waals surface area contributed by atoms with Gasteiger partial charge in [0.05, 0.1) is 12.3 Å². The molecule has 0 aliphatic carbocycles. The van der Waals surface area contributed by atoms with E-state index in [1.54, 1.807) is 12.4 Å². The van der Waals surface area contributed by atoms with E-state index in [1.807, 2.05) is 37.3 Å². The number of aromatic nitrogens is 1. The minimum Gasteiger partial charge on any atom is -0.492 e. The standard InChI is InChI=1S/C15H17ClN2O/c1-3-19-15-5-4-13(16)10-14(15)18-11(2)12-6-8-17-9-7-12/h4-11,18H,3H2,1-2H3. The Kier molecular flexibility index (Phi) is 4.63. The van der Waals surface area contributed by atoms with Crippen molar-refractivity contribution in [2.24, 2.45) is 0 Å². The topological polar surface area (TPSA) is 34.1 Å². The maximum Gasteiger partial charge on any atom is 0.142 e. The Morgan fingerprint density at radius 1 is 1.26 bits per heavy atom. The minimum atomic E-state index is 0.153. The summed E-state index contributed by atoms with van der Waals surface area (Å²) in [6.45, 7) is 4.68. The molecule has 0 radical (unpaired) electrons. The van der Waals surface area contributed by atoms with Crippen molar-refractivity contribution < 1.29 is 4.74 Å². The van der Waals surface area contributed by atoms with Crippen LogP contribution >= 0.6 is 11.6 Å². The van der Waals surface area contributed by atoms with Crippen LogP contribution < -0.4 is 10.1 Å². The third-order valence-corrected chi connectivity index (χ3v) is 3.05. The molecule has 4 heteroatoms. The number of benzene rings is 1. The van der Waals surface area contributed by atoms with Crippen LogP contribution in [-0.2, 0) is 0 Å². The van der Waals surface area contributed by atoms with Crippen LogP contribution in [0.2, 0.25) is 5.02 Å². The molecule has 1 aromatic carbocycles. The van der Waals surface area contributed by atoms with Crippen LogP contribution in [0.25, 0.3) is 0 Å². The van der Waals surface area contributed by atoms with Gasteiger partial charge in [0.15, 0.2) is 0 Å². The zero-order valence-corrected chi connectivity index (χ0v) is 11.8. The molecule has 1 atom stereocenters. The number of rotatable bonds is 5. The predicted octanol–water partition coefficient (Wildman–Crippen LogP) is 4.31. The molecule has 0 aliphatic rings. The van der Waals surface area contributed by atoms with Crippen LogP contribution in [0.15, 0.2) is 42.7 Å². The molecule has 2 aromatic rings. The number of ether oxygens (including phenoxy) is 1. The lowest BCUT2D eigenvalue weighted by atomic mass is 10.1. The molecular formula is C15H17ClN2O. The Morgan fingerprint density at radius 2 is 2.00 bits per heavy atom. The molecule has 1 unspecified atom stereocenters. The van der Waals surface area contributed by atoms with Gasteiger partial charge in [0, 0.05) is 23.5 Å². The van der Waals surface area contributed by atoms with E-state index < -0.39 is 0 Å². The second kappa shape index (κ2) is 6.43. The Morgan fingerprint density at radius 3 is 2.68 bits per heavy atom. The fourth-order valence-electron chi connectivity index (χ4n) is 1.87. The third-order valence-electron chi connectivity index (χ3n) is 2.82. The summed E-state index contributed by atoms with van der Waals surface area (Å²) in [7, 11) is 0. The fourth-order valence-corrected chi connectivity index (χ4v) is 2.04. The molecule has 3 nitrogen and oxygen atoms in total. The molecule has 1 aromatic heterocycles. The quantitative estimate of drug-likeness (QED) is 0.884. The maximum atomic E-state index is 6.04. The Balaban J connectivity index is 2.20. The molecule has 100 valence electrons. The molecular weight excluding hydrogens is 260 g/mol. The Hall–Kier alpha value is -1.74. The van der Waals surface area contributed by atoms with Crippen LogP contribution in [0.5, 0.6) is 5.75 Å². The van der Waals surface area contributed by atoms with Crippen molar-refractivity contribution in [2.45, 2.75) is 19.9 Å². The van der Waals surface area contributed by atoms with Crippen molar-refractivity contribution in [2.75, 3.05) is 11.9 Å². The van der Waals surface area contributed by atoms with Crippen LogP contribution in [0.4, 0.5) is 5.69 Å². The van der Waals surface area contributed by atoms with E-state index in [0.717, 1.165) is 17.0 Å². The summed E-state index contributed by atoms with van der Waals surface area (Å²) < 4.78 is 5.60. The van der Waals surface area contributed by atoms with Crippen molar-refractivity contribution in [3.8, 4) is 5.75 Å². The maximum absolute atomic E-state index is 6.04. The first-order chi connectivity index (χ1) is 9.20. The van der Waals surface area contributed by atoms with Gasteiger partial charge in [0.25, 0.3) is 0 Å². The number of pyridine rings is 1. The number of anilines is 1. The first-order valence-electron chi connectivity index (χ1n) is 6.29. The van der Waals surface area contributed by atoms with Crippen LogP contribution in [0.3, 0.4) is 0 Å². The normalized spacial score (nSPS) is 11.9. The van der Waals surface area contributed by atoms with Gasteiger partial charge in [-0.15, -0.1) is 0 Å². The smallest absolute Gasteiger partial charge is 0.142 e. The highest BCUT2D eigenvalue weighted by molar-refractivity contribution is 6.30. The number of hydrogen-bond acceptors (Lipinski definition) is 3. The summed E-state index contributed by atoms with van der Waals surface area (Å²) >= 11 is 6.04. The van der Waals surface area contributed by atoms with Gasteiger partial charge in [0.2, 0.25) is 0 Å². The first kappa shape index (κ1) is 13.7. The molecule has 0 amide bonds. The summed E-state index contributed by atoms with van der Waals surface area (Å²) in [6.07, 6.45) is 3.57. The van der Waals surface area contributed by atoms with Gasteiger partial charge >= 0.3 is 0 Å². The number of hydrogen-bond donors (Lipinski definition) is 1. The summed E-state index contributed by atoms with van der Waals surface area (Å²) in [4.78, 5) is 4.02. The average molecular weight is 277 g/mol. The van der Waals surface area contributed by atoms with E-state index in [2.05, 4.69) is 17.2 Å². The van der Waals surface area contributed by atoms with Gasteiger partial charge in [0.1, 0.15) is 5.75 Å². The molecule has 1 heterocycles. The molecule has 2 rings (SSSR count). The molecule has 0 aliphatic heterocycles. The second-order valence-electron chi connectivity index (χ2n) is 4.22. The molecule has 0 saturated heterocycles. The van der Waals surface area contributed by atoms with Crippen LogP contribution in [0.1, 0.15) is 25.5 Å². The lowest BCUT2D eigenvalue weighted by Gasteiger charge is -2.18. The number of halogens is 1. The second-order valence-corrected chi connectivity index (χ2v) is 4.66. The van der Waals surface area contributed by atoms with E-state index in [1.165, 1.54) is 0 Å². The number of nitrogens with zero attached hydrogens (tertiary/aromatic N) is 1. The lowest BCUT2D eigenvalue weighted by molar-refractivity contribution is 0.341. The van der Waals surface area contributed by atoms with Gasteiger partial charge in [-0.2, -0.15) is 0 Å². The van der Waals surface area contributed by atoms with Gasteiger partial charge in [-0.25, -0.2) is 0 Å². The van der Waals surface area contributed by atoms with Crippen molar-refractivity contribution in [3.05, 3.63) is 53.3 Å². The fraction of sp³-hybridized carbons (Fsp3) is 0.267. The molecule has 0 bridgehead atoms. The Bertz CT molecular complexity index is 531. The highest BCUT2D eigenvalue weighted by Gasteiger charge is 2.09. The van der Waals surface area contributed by atoms with Gasteiger partial charge < -0.3 is 10.1 Å². The molecule has 0 fully saturated rings. The SMILES string of the molecule is CCOc1ccc(Cl)cc1NC(C)c1ccncc1. The highest BCUT2D eigenvalue weighted by Crippen LogP contribution is 2.31. The van der Waals surface area contributed by atoms with Crippen molar-refractivity contribution >= 4 is 17.3 Å². The van der Waals surface area contributed by atoms with E-state index in [4.69, 9.17) is 16.3 Å². The molecule has 0 saturated carbocycles. The first-order valence-corrected chi connectivity index (χ1v) is 6.67. The minimum absolute atomic E-state index is 0.153. The number of nitrogens with one attached hydrogen (secondary N) is 1.